The van der Waals surface area contributed by atoms with Crippen LogP contribution >= 0.6 is 0 Å². The van der Waals surface area contributed by atoms with Crippen LogP contribution in [0.25, 0.3) is 0 Å². The van der Waals surface area contributed by atoms with Crippen molar-refractivity contribution in [3.63, 3.8) is 0 Å². The third-order valence-corrected chi connectivity index (χ3v) is 7.11. The molecule has 1 aliphatic heterocycles. The number of amides is 2. The minimum absolute atomic E-state index is 0.0922. The second-order valence-corrected chi connectivity index (χ2v) is 10.2. The van der Waals surface area contributed by atoms with Gasteiger partial charge in [0.2, 0.25) is 28.6 Å². The van der Waals surface area contributed by atoms with Gasteiger partial charge in [0.15, 0.2) is 11.5 Å². The Balaban J connectivity index is 1.70. The highest BCUT2D eigenvalue weighted by atomic mass is 32.2. The van der Waals surface area contributed by atoms with E-state index in [2.05, 4.69) is 5.32 Å². The summed E-state index contributed by atoms with van der Waals surface area (Å²) in [4.78, 5) is 27.3. The molecule has 0 saturated carbocycles. The maximum absolute atomic E-state index is 13.2. The zero-order chi connectivity index (χ0) is 25.4. The summed E-state index contributed by atoms with van der Waals surface area (Å²) >= 11 is 0. The number of ether oxygens (including phenoxy) is 2. The first-order valence-electron chi connectivity index (χ1n) is 11.7. The summed E-state index contributed by atoms with van der Waals surface area (Å²) in [5.74, 6) is 0.643. The van der Waals surface area contributed by atoms with Gasteiger partial charge in [-0.15, -0.1) is 0 Å². The first kappa shape index (κ1) is 26.3. The number of nitrogens with zero attached hydrogens (tertiary/aromatic N) is 2. The molecule has 0 bridgehead atoms. The van der Waals surface area contributed by atoms with Gasteiger partial charge in [-0.2, -0.15) is 0 Å². The standard InChI is InChI=1S/C25H33N3O6S/c1-4-21(25(30)26-2)27(16-14-19-9-6-5-7-10-19)24(29)11-8-15-28(35(3,31)32)20-12-13-22-23(17-20)34-18-33-22/h5-7,9-10,12-13,17,21H,4,8,11,14-16,18H2,1-3H3,(H,26,30)/t21-/m0/s1. The molecule has 0 aliphatic carbocycles. The van der Waals surface area contributed by atoms with Crippen LogP contribution in [0.3, 0.4) is 0 Å². The lowest BCUT2D eigenvalue weighted by Crippen LogP contribution is -2.49. The summed E-state index contributed by atoms with van der Waals surface area (Å²) in [5.41, 5.74) is 1.52. The van der Waals surface area contributed by atoms with Gasteiger partial charge in [-0.1, -0.05) is 37.3 Å². The molecule has 0 spiro atoms. The molecule has 0 unspecified atom stereocenters. The van der Waals surface area contributed by atoms with E-state index in [9.17, 15) is 18.0 Å². The van der Waals surface area contributed by atoms with Crippen molar-refractivity contribution in [2.75, 3.05) is 37.5 Å². The molecule has 0 fully saturated rings. The number of likely N-dealkylation sites (N-methyl/N-ethyl adjacent to an activating group) is 1. The summed E-state index contributed by atoms with van der Waals surface area (Å²) in [6.07, 6.45) is 2.63. The van der Waals surface area contributed by atoms with E-state index < -0.39 is 16.1 Å². The maximum atomic E-state index is 13.2. The largest absolute Gasteiger partial charge is 0.454 e. The number of hydrogen-bond acceptors (Lipinski definition) is 6. The Hall–Kier alpha value is -3.27. The molecule has 1 heterocycles. The van der Waals surface area contributed by atoms with Gasteiger partial charge in [-0.25, -0.2) is 8.42 Å². The van der Waals surface area contributed by atoms with Crippen LogP contribution in [0.2, 0.25) is 0 Å². The van der Waals surface area contributed by atoms with Gasteiger partial charge in [-0.3, -0.25) is 13.9 Å². The summed E-state index contributed by atoms with van der Waals surface area (Å²) in [6.45, 7) is 2.48. The van der Waals surface area contributed by atoms with E-state index in [0.29, 0.717) is 43.0 Å². The topological polar surface area (TPSA) is 105 Å². The fraction of sp³-hybridized carbons (Fsp3) is 0.440. The molecular formula is C25H33N3O6S. The Kier molecular flexibility index (Phi) is 8.97. The Morgan fingerprint density at radius 2 is 1.77 bits per heavy atom. The van der Waals surface area contributed by atoms with Gasteiger partial charge >= 0.3 is 0 Å². The molecule has 35 heavy (non-hydrogen) atoms. The number of anilines is 1. The van der Waals surface area contributed by atoms with Crippen LogP contribution < -0.4 is 19.1 Å². The average Bonchev–Trinajstić information content (AvgIpc) is 3.31. The lowest BCUT2D eigenvalue weighted by molar-refractivity contribution is -0.140. The zero-order valence-electron chi connectivity index (χ0n) is 20.4. The minimum Gasteiger partial charge on any atom is -0.454 e. The number of nitrogens with one attached hydrogen (secondary N) is 1. The quantitative estimate of drug-likeness (QED) is 0.477. The molecular weight excluding hydrogens is 470 g/mol. The van der Waals surface area contributed by atoms with Crippen molar-refractivity contribution in [2.45, 2.75) is 38.6 Å². The van der Waals surface area contributed by atoms with E-state index >= 15 is 0 Å². The van der Waals surface area contributed by atoms with Crippen molar-refractivity contribution >= 4 is 27.5 Å². The number of carbonyl (C=O) groups is 2. The van der Waals surface area contributed by atoms with Crippen LogP contribution in [0.4, 0.5) is 5.69 Å². The number of rotatable bonds is 12. The Bertz CT molecular complexity index is 1120. The Morgan fingerprint density at radius 1 is 1.06 bits per heavy atom. The predicted molar refractivity (Wildman–Crippen MR) is 134 cm³/mol. The van der Waals surface area contributed by atoms with Crippen molar-refractivity contribution in [1.82, 2.24) is 10.2 Å². The van der Waals surface area contributed by atoms with Gasteiger partial charge in [0.1, 0.15) is 6.04 Å². The summed E-state index contributed by atoms with van der Waals surface area (Å²) in [6, 6.07) is 14.1. The van der Waals surface area contributed by atoms with Crippen LogP contribution in [0.1, 0.15) is 31.7 Å². The molecule has 10 heteroatoms. The van der Waals surface area contributed by atoms with Gasteiger partial charge in [0.05, 0.1) is 11.9 Å². The highest BCUT2D eigenvalue weighted by Crippen LogP contribution is 2.36. The first-order chi connectivity index (χ1) is 16.7. The molecule has 2 aromatic carbocycles. The lowest BCUT2D eigenvalue weighted by atomic mass is 10.1. The molecule has 190 valence electrons. The summed E-state index contributed by atoms with van der Waals surface area (Å²) in [7, 11) is -2.03. The average molecular weight is 504 g/mol. The van der Waals surface area contributed by atoms with Gasteiger partial charge in [0.25, 0.3) is 0 Å². The monoisotopic (exact) mass is 503 g/mol. The van der Waals surface area contributed by atoms with Crippen molar-refractivity contribution in [1.29, 1.82) is 0 Å². The second kappa shape index (κ2) is 11.9. The van der Waals surface area contributed by atoms with E-state index in [1.165, 1.54) is 4.31 Å². The molecule has 1 N–H and O–H groups in total. The number of benzene rings is 2. The molecule has 9 nitrogen and oxygen atoms in total. The fourth-order valence-corrected chi connectivity index (χ4v) is 5.06. The number of sulfonamides is 1. The van der Waals surface area contributed by atoms with Crippen LogP contribution in [0, 0.1) is 0 Å². The van der Waals surface area contributed by atoms with Gasteiger partial charge < -0.3 is 19.7 Å². The van der Waals surface area contributed by atoms with Crippen LogP contribution in [-0.4, -0.2) is 64.4 Å². The van der Waals surface area contributed by atoms with Crippen molar-refractivity contribution < 1.29 is 27.5 Å². The predicted octanol–water partition coefficient (Wildman–Crippen LogP) is 2.56. The summed E-state index contributed by atoms with van der Waals surface area (Å²) < 4.78 is 36.9. The molecule has 2 aromatic rings. The van der Waals surface area contributed by atoms with E-state index in [1.54, 1.807) is 30.1 Å². The molecule has 0 radical (unpaired) electrons. The van der Waals surface area contributed by atoms with Crippen LogP contribution in [0.15, 0.2) is 48.5 Å². The highest BCUT2D eigenvalue weighted by molar-refractivity contribution is 7.92. The molecule has 2 amide bonds. The lowest BCUT2D eigenvalue weighted by Gasteiger charge is -2.30. The molecule has 1 aliphatic rings. The SMILES string of the molecule is CC[C@@H](C(=O)NC)N(CCc1ccccc1)C(=O)CCCN(c1ccc2c(c1)OCO2)S(C)(=O)=O. The van der Waals surface area contributed by atoms with E-state index in [-0.39, 0.29) is 31.6 Å². The van der Waals surface area contributed by atoms with Crippen molar-refractivity contribution in [2.24, 2.45) is 0 Å². The minimum atomic E-state index is -3.59. The van der Waals surface area contributed by atoms with E-state index in [0.717, 1.165) is 11.8 Å². The number of hydrogen-bond donors (Lipinski definition) is 1. The Labute approximate surface area is 207 Å². The smallest absolute Gasteiger partial charge is 0.242 e. The normalized spacial score (nSPS) is 13.2. The van der Waals surface area contributed by atoms with Crippen molar-refractivity contribution in [3.05, 3.63) is 54.1 Å². The van der Waals surface area contributed by atoms with Gasteiger partial charge in [0, 0.05) is 32.6 Å². The number of fused-ring (bicyclic) bond motifs is 1. The zero-order valence-corrected chi connectivity index (χ0v) is 21.2. The van der Waals surface area contributed by atoms with Gasteiger partial charge in [-0.05, 0) is 37.0 Å². The molecule has 0 aromatic heterocycles. The summed E-state index contributed by atoms with van der Waals surface area (Å²) in [5, 5.41) is 2.64. The van der Waals surface area contributed by atoms with Crippen LogP contribution in [0.5, 0.6) is 11.5 Å². The third kappa shape index (κ3) is 6.88. The van der Waals surface area contributed by atoms with E-state index in [4.69, 9.17) is 9.47 Å². The first-order valence-corrected chi connectivity index (χ1v) is 13.5. The maximum Gasteiger partial charge on any atom is 0.242 e. The highest BCUT2D eigenvalue weighted by Gasteiger charge is 2.28. The molecule has 3 rings (SSSR count). The molecule has 1 atom stereocenters. The fourth-order valence-electron chi connectivity index (χ4n) is 4.11. The second-order valence-electron chi connectivity index (χ2n) is 8.34. The third-order valence-electron chi connectivity index (χ3n) is 5.91. The van der Waals surface area contributed by atoms with Crippen molar-refractivity contribution in [3.8, 4) is 11.5 Å². The van der Waals surface area contributed by atoms with Crippen LogP contribution in [-0.2, 0) is 26.0 Å². The molecule has 0 saturated heterocycles. The number of carbonyl (C=O) groups excluding carboxylic acids is 2. The Morgan fingerprint density at radius 3 is 2.43 bits per heavy atom. The van der Waals surface area contributed by atoms with E-state index in [1.807, 2.05) is 37.3 Å².